The smallest absolute Gasteiger partial charge is 0.307 e. The molecule has 30 heavy (non-hydrogen) atoms. The van der Waals surface area contributed by atoms with Gasteiger partial charge in [-0.15, -0.1) is 0 Å². The van der Waals surface area contributed by atoms with Crippen LogP contribution in [0.25, 0.3) is 0 Å². The Morgan fingerprint density at radius 3 is 2.27 bits per heavy atom. The summed E-state index contributed by atoms with van der Waals surface area (Å²) in [5.74, 6) is 1.05. The fourth-order valence-electron chi connectivity index (χ4n) is 4.52. The number of aliphatic carboxylic acids is 1. The van der Waals surface area contributed by atoms with Gasteiger partial charge in [0.1, 0.15) is 0 Å². The van der Waals surface area contributed by atoms with E-state index in [1.165, 1.54) is 12.8 Å². The van der Waals surface area contributed by atoms with Crippen LogP contribution >= 0.6 is 0 Å². The van der Waals surface area contributed by atoms with Crippen molar-refractivity contribution in [3.8, 4) is 0 Å². The topological polar surface area (TPSA) is 65.0 Å². The lowest BCUT2D eigenvalue weighted by molar-refractivity contribution is -0.143. The number of rotatable bonds is 15. The molecule has 1 rings (SSSR count). The van der Waals surface area contributed by atoms with Crippen LogP contribution in [-0.2, 0) is 19.0 Å². The second-order valence-electron chi connectivity index (χ2n) is 9.58. The lowest BCUT2D eigenvalue weighted by atomic mass is 9.76. The van der Waals surface area contributed by atoms with Gasteiger partial charge in [-0.1, -0.05) is 39.8 Å². The first kappa shape index (κ1) is 27.1. The number of ether oxygens (including phenoxy) is 3. The normalized spacial score (nSPS) is 24.6. The zero-order valence-corrected chi connectivity index (χ0v) is 20.1. The van der Waals surface area contributed by atoms with Crippen LogP contribution in [0.3, 0.4) is 0 Å². The maximum atomic E-state index is 11.4. The van der Waals surface area contributed by atoms with Gasteiger partial charge in [0.2, 0.25) is 0 Å². The minimum atomic E-state index is -0.693. The molecule has 0 saturated heterocycles. The molecule has 1 N–H and O–H groups in total. The van der Waals surface area contributed by atoms with Gasteiger partial charge in [-0.3, -0.25) is 4.79 Å². The van der Waals surface area contributed by atoms with Gasteiger partial charge in [0.05, 0.1) is 18.1 Å². The standard InChI is InChI=1S/C25H46O5/c1-18(2)21(10-7-8-11-22(19(3)4)25(26)27)16-20-12-13-23(29-6)24(17-20)30-15-9-14-28-5/h7-8,18-24H,9-17H2,1-6H3,(H,26,27)/b8-7+/t20?,21-,22+,23?,24?/m1/s1. The average molecular weight is 427 g/mol. The van der Waals surface area contributed by atoms with Crippen molar-refractivity contribution >= 4 is 5.97 Å². The molecule has 1 fully saturated rings. The number of allylic oxidation sites excluding steroid dienone is 2. The Balaban J connectivity index is 2.56. The third-order valence-electron chi connectivity index (χ3n) is 6.66. The van der Waals surface area contributed by atoms with E-state index in [1.807, 2.05) is 13.8 Å². The zero-order valence-electron chi connectivity index (χ0n) is 20.1. The minimum Gasteiger partial charge on any atom is -0.481 e. The highest BCUT2D eigenvalue weighted by Gasteiger charge is 2.32. The first-order valence-corrected chi connectivity index (χ1v) is 11.8. The maximum Gasteiger partial charge on any atom is 0.307 e. The third-order valence-corrected chi connectivity index (χ3v) is 6.66. The van der Waals surface area contributed by atoms with Gasteiger partial charge < -0.3 is 19.3 Å². The van der Waals surface area contributed by atoms with Crippen molar-refractivity contribution < 1.29 is 24.1 Å². The third kappa shape index (κ3) is 9.93. The minimum absolute atomic E-state index is 0.157. The Kier molecular flexibility index (Phi) is 13.5. The monoisotopic (exact) mass is 426 g/mol. The van der Waals surface area contributed by atoms with Crippen molar-refractivity contribution in [3.05, 3.63) is 12.2 Å². The Hall–Kier alpha value is -0.910. The second kappa shape index (κ2) is 15.0. The lowest BCUT2D eigenvalue weighted by Crippen LogP contribution is -2.38. The van der Waals surface area contributed by atoms with E-state index in [4.69, 9.17) is 14.2 Å². The van der Waals surface area contributed by atoms with Crippen molar-refractivity contribution in [2.24, 2.45) is 29.6 Å². The van der Waals surface area contributed by atoms with Crippen molar-refractivity contribution in [3.63, 3.8) is 0 Å². The highest BCUT2D eigenvalue weighted by atomic mass is 16.5. The molecular weight excluding hydrogens is 380 g/mol. The van der Waals surface area contributed by atoms with Crippen LogP contribution in [0.2, 0.25) is 0 Å². The predicted molar refractivity (Wildman–Crippen MR) is 122 cm³/mol. The molecule has 3 unspecified atom stereocenters. The molecule has 176 valence electrons. The molecule has 0 aromatic rings. The molecule has 1 aliphatic carbocycles. The van der Waals surface area contributed by atoms with Gasteiger partial charge in [-0.25, -0.2) is 0 Å². The van der Waals surface area contributed by atoms with Crippen LogP contribution in [0.15, 0.2) is 12.2 Å². The first-order valence-electron chi connectivity index (χ1n) is 11.8. The molecule has 0 aromatic heterocycles. The van der Waals surface area contributed by atoms with Gasteiger partial charge >= 0.3 is 5.97 Å². The molecule has 5 heteroatoms. The summed E-state index contributed by atoms with van der Waals surface area (Å²) >= 11 is 0. The van der Waals surface area contributed by atoms with E-state index in [0.717, 1.165) is 38.9 Å². The van der Waals surface area contributed by atoms with Crippen molar-refractivity contribution in [1.29, 1.82) is 0 Å². The van der Waals surface area contributed by atoms with E-state index in [0.29, 0.717) is 24.2 Å². The Bertz CT molecular complexity index is 488. The van der Waals surface area contributed by atoms with Crippen molar-refractivity contribution in [1.82, 2.24) is 0 Å². The quantitative estimate of drug-likeness (QED) is 0.274. The van der Waals surface area contributed by atoms with E-state index >= 15 is 0 Å². The fraction of sp³-hybridized carbons (Fsp3) is 0.880. The van der Waals surface area contributed by atoms with E-state index in [-0.39, 0.29) is 24.0 Å². The number of carbonyl (C=O) groups is 1. The summed E-state index contributed by atoms with van der Waals surface area (Å²) in [6, 6.07) is 0. The van der Waals surface area contributed by atoms with Crippen LogP contribution in [0, 0.1) is 29.6 Å². The van der Waals surface area contributed by atoms with Crippen LogP contribution in [-0.4, -0.2) is 50.7 Å². The van der Waals surface area contributed by atoms with Crippen molar-refractivity contribution in [2.45, 2.75) is 84.8 Å². The average Bonchev–Trinajstić information content (AvgIpc) is 2.69. The fourth-order valence-corrected chi connectivity index (χ4v) is 4.52. The van der Waals surface area contributed by atoms with E-state index < -0.39 is 5.97 Å². The second-order valence-corrected chi connectivity index (χ2v) is 9.58. The molecular formula is C25H46O5. The largest absolute Gasteiger partial charge is 0.481 e. The van der Waals surface area contributed by atoms with Gasteiger partial charge in [0, 0.05) is 27.4 Å². The summed E-state index contributed by atoms with van der Waals surface area (Å²) in [5, 5.41) is 9.35. The molecule has 5 atom stereocenters. The molecule has 0 aromatic carbocycles. The molecule has 1 saturated carbocycles. The summed E-state index contributed by atoms with van der Waals surface area (Å²) in [6.45, 7) is 10.0. The first-order chi connectivity index (χ1) is 14.3. The summed E-state index contributed by atoms with van der Waals surface area (Å²) in [7, 11) is 3.51. The van der Waals surface area contributed by atoms with E-state index in [1.54, 1.807) is 14.2 Å². The van der Waals surface area contributed by atoms with Crippen LogP contribution in [0.5, 0.6) is 0 Å². The maximum absolute atomic E-state index is 11.4. The lowest BCUT2D eigenvalue weighted by Gasteiger charge is -2.37. The molecule has 0 heterocycles. The Morgan fingerprint density at radius 1 is 1.00 bits per heavy atom. The van der Waals surface area contributed by atoms with Crippen LogP contribution in [0.4, 0.5) is 0 Å². The number of carboxylic acids is 1. The Morgan fingerprint density at radius 2 is 1.70 bits per heavy atom. The molecule has 0 aliphatic heterocycles. The molecule has 1 aliphatic rings. The highest BCUT2D eigenvalue weighted by molar-refractivity contribution is 5.70. The van der Waals surface area contributed by atoms with Gasteiger partial charge in [0.15, 0.2) is 0 Å². The Labute approximate surface area is 184 Å². The van der Waals surface area contributed by atoms with Gasteiger partial charge in [-0.2, -0.15) is 0 Å². The summed E-state index contributed by atoms with van der Waals surface area (Å²) in [6.07, 6.45) is 11.7. The van der Waals surface area contributed by atoms with E-state index in [2.05, 4.69) is 26.0 Å². The zero-order chi connectivity index (χ0) is 22.5. The number of carboxylic acid groups (broad SMARTS) is 1. The molecule has 0 spiro atoms. The number of methoxy groups -OCH3 is 2. The SMILES string of the molecule is COCCCOC1CC(C[C@@H](C/C=C/C[C@H](C(=O)O)C(C)C)C(C)C)CCC1OC. The predicted octanol–water partition coefficient (Wildman–Crippen LogP) is 5.58. The van der Waals surface area contributed by atoms with Crippen LogP contribution in [0.1, 0.15) is 72.6 Å². The molecule has 5 nitrogen and oxygen atoms in total. The summed E-state index contributed by atoms with van der Waals surface area (Å²) in [5.41, 5.74) is 0. The van der Waals surface area contributed by atoms with Crippen molar-refractivity contribution in [2.75, 3.05) is 27.4 Å². The molecule has 0 amide bonds. The van der Waals surface area contributed by atoms with Gasteiger partial charge in [-0.05, 0) is 68.6 Å². The van der Waals surface area contributed by atoms with Crippen LogP contribution < -0.4 is 0 Å². The molecule has 0 radical (unpaired) electrons. The summed E-state index contributed by atoms with van der Waals surface area (Å²) < 4.78 is 17.0. The van der Waals surface area contributed by atoms with Gasteiger partial charge in [0.25, 0.3) is 0 Å². The summed E-state index contributed by atoms with van der Waals surface area (Å²) in [4.78, 5) is 11.4. The molecule has 0 bridgehead atoms. The highest BCUT2D eigenvalue weighted by Crippen LogP contribution is 2.35. The number of hydrogen-bond donors (Lipinski definition) is 1. The number of hydrogen-bond acceptors (Lipinski definition) is 4. The van der Waals surface area contributed by atoms with E-state index in [9.17, 15) is 9.90 Å².